The molecule has 3 aromatic rings. The van der Waals surface area contributed by atoms with E-state index in [-0.39, 0.29) is 19.1 Å². The molecule has 5 rings (SSSR count). The van der Waals surface area contributed by atoms with Gasteiger partial charge in [0.25, 0.3) is 0 Å². The third-order valence-corrected chi connectivity index (χ3v) is 7.50. The summed E-state index contributed by atoms with van der Waals surface area (Å²) in [5.41, 5.74) is 3.04. The number of halogens is 1. The number of aromatic nitrogens is 1. The first kappa shape index (κ1) is 25.2. The fraction of sp³-hybridized carbons (Fsp3) is 0.370. The van der Waals surface area contributed by atoms with Crippen LogP contribution < -0.4 is 14.8 Å². The summed E-state index contributed by atoms with van der Waals surface area (Å²) >= 11 is 1.64. The Morgan fingerprint density at radius 2 is 1.89 bits per heavy atom. The summed E-state index contributed by atoms with van der Waals surface area (Å²) in [5, 5.41) is 5.73. The maximum Gasteiger partial charge on any atom is 0.250 e. The lowest BCUT2D eigenvalue weighted by molar-refractivity contribution is -0.138. The summed E-state index contributed by atoms with van der Waals surface area (Å²) < 4.78 is 30.0. The molecule has 1 saturated heterocycles. The van der Waals surface area contributed by atoms with Crippen LogP contribution in [0.1, 0.15) is 29.3 Å². The number of piperidine rings is 1. The van der Waals surface area contributed by atoms with Gasteiger partial charge in [-0.2, -0.15) is 0 Å². The molecule has 10 heteroatoms. The first-order valence-corrected chi connectivity index (χ1v) is 13.1. The minimum Gasteiger partial charge on any atom is -0.486 e. The van der Waals surface area contributed by atoms with Gasteiger partial charge in [-0.25, -0.2) is 9.37 Å². The second-order valence-electron chi connectivity index (χ2n) is 9.08. The van der Waals surface area contributed by atoms with E-state index in [9.17, 15) is 14.0 Å². The van der Waals surface area contributed by atoms with E-state index in [4.69, 9.17) is 19.2 Å². The number of thiazole rings is 1. The Labute approximate surface area is 218 Å². The van der Waals surface area contributed by atoms with E-state index in [1.165, 1.54) is 12.1 Å². The zero-order valence-electron chi connectivity index (χ0n) is 20.5. The van der Waals surface area contributed by atoms with Crippen LogP contribution in [0.4, 0.5) is 10.1 Å². The van der Waals surface area contributed by atoms with E-state index in [0.29, 0.717) is 37.9 Å². The molecule has 1 aromatic heterocycles. The van der Waals surface area contributed by atoms with Gasteiger partial charge in [0.2, 0.25) is 11.8 Å². The minimum absolute atomic E-state index is 0.149. The Bertz CT molecular complexity index is 1290. The van der Waals surface area contributed by atoms with Gasteiger partial charge in [0.1, 0.15) is 32.2 Å². The van der Waals surface area contributed by atoms with Crippen molar-refractivity contribution in [2.75, 3.05) is 44.8 Å². The smallest absolute Gasteiger partial charge is 0.250 e. The highest BCUT2D eigenvalue weighted by molar-refractivity contribution is 7.10. The number of benzene rings is 2. The van der Waals surface area contributed by atoms with Gasteiger partial charge in [0.05, 0.1) is 10.7 Å². The average Bonchev–Trinajstić information content (AvgIpc) is 3.41. The van der Waals surface area contributed by atoms with Crippen molar-refractivity contribution in [2.45, 2.75) is 25.7 Å². The predicted molar refractivity (Wildman–Crippen MR) is 138 cm³/mol. The highest BCUT2D eigenvalue weighted by Gasteiger charge is 2.26. The standard InChI is InChI=1S/C27H28FN3O5S/c1-17-2-4-20(28)13-21(17)29-25(32)14-34-15-26(33)31-8-6-18(7-9-31)27-30-22(16-37-27)19-3-5-23-24(12-19)36-11-10-35-23/h2-5,12-13,16,18H,6-11,14-15H2,1H3,(H,29,32). The zero-order valence-corrected chi connectivity index (χ0v) is 21.3. The van der Waals surface area contributed by atoms with Crippen molar-refractivity contribution < 1.29 is 28.2 Å². The van der Waals surface area contributed by atoms with Gasteiger partial charge in [-0.3, -0.25) is 9.59 Å². The lowest BCUT2D eigenvalue weighted by atomic mass is 9.97. The molecule has 2 aromatic carbocycles. The van der Waals surface area contributed by atoms with Crippen molar-refractivity contribution in [3.63, 3.8) is 0 Å². The van der Waals surface area contributed by atoms with Crippen molar-refractivity contribution >= 4 is 28.8 Å². The van der Waals surface area contributed by atoms with E-state index in [1.807, 2.05) is 18.2 Å². The molecule has 194 valence electrons. The Hall–Kier alpha value is -3.50. The number of rotatable bonds is 7. The van der Waals surface area contributed by atoms with Crippen molar-refractivity contribution in [1.29, 1.82) is 0 Å². The second kappa shape index (κ2) is 11.3. The number of nitrogens with zero attached hydrogens (tertiary/aromatic N) is 2. The van der Waals surface area contributed by atoms with Crippen molar-refractivity contribution in [2.24, 2.45) is 0 Å². The van der Waals surface area contributed by atoms with E-state index < -0.39 is 11.7 Å². The number of amides is 2. The van der Waals surface area contributed by atoms with Crippen LogP contribution in [-0.4, -0.2) is 61.2 Å². The Morgan fingerprint density at radius 3 is 2.70 bits per heavy atom. The Kier molecular flexibility index (Phi) is 7.66. The summed E-state index contributed by atoms with van der Waals surface area (Å²) in [6.07, 6.45) is 1.64. The fourth-order valence-electron chi connectivity index (χ4n) is 4.42. The molecule has 0 spiro atoms. The molecular formula is C27H28FN3O5S. The molecule has 2 amide bonds. The summed E-state index contributed by atoms with van der Waals surface area (Å²) in [4.78, 5) is 31.3. The molecule has 0 atom stereocenters. The first-order valence-electron chi connectivity index (χ1n) is 12.2. The van der Waals surface area contributed by atoms with Crippen LogP contribution in [0, 0.1) is 12.7 Å². The van der Waals surface area contributed by atoms with Gasteiger partial charge >= 0.3 is 0 Å². The summed E-state index contributed by atoms with van der Waals surface area (Å²) in [6.45, 7) is 3.65. The maximum absolute atomic E-state index is 13.4. The Balaban J connectivity index is 1.07. The van der Waals surface area contributed by atoms with Gasteiger partial charge in [0.15, 0.2) is 11.5 Å². The minimum atomic E-state index is -0.433. The van der Waals surface area contributed by atoms with Gasteiger partial charge in [-0.05, 0) is 55.7 Å². The maximum atomic E-state index is 13.4. The van der Waals surface area contributed by atoms with Crippen LogP contribution >= 0.6 is 11.3 Å². The molecule has 37 heavy (non-hydrogen) atoms. The van der Waals surface area contributed by atoms with Crippen LogP contribution in [0.3, 0.4) is 0 Å². The molecule has 8 nitrogen and oxygen atoms in total. The third-order valence-electron chi connectivity index (χ3n) is 6.49. The molecule has 0 saturated carbocycles. The molecule has 2 aliphatic heterocycles. The topological polar surface area (TPSA) is 90.0 Å². The number of aryl methyl sites for hydroxylation is 1. The van der Waals surface area contributed by atoms with Crippen molar-refractivity contribution in [3.8, 4) is 22.8 Å². The molecule has 1 N–H and O–H groups in total. The summed E-state index contributed by atoms with van der Waals surface area (Å²) in [7, 11) is 0. The summed E-state index contributed by atoms with van der Waals surface area (Å²) in [6, 6.07) is 10.0. The molecule has 0 radical (unpaired) electrons. The van der Waals surface area contributed by atoms with Crippen LogP contribution in [0.2, 0.25) is 0 Å². The fourth-order valence-corrected chi connectivity index (χ4v) is 5.42. The molecule has 0 unspecified atom stereocenters. The second-order valence-corrected chi connectivity index (χ2v) is 9.97. The highest BCUT2D eigenvalue weighted by Crippen LogP contribution is 2.37. The lowest BCUT2D eigenvalue weighted by Gasteiger charge is -2.31. The number of fused-ring (bicyclic) bond motifs is 1. The molecule has 3 heterocycles. The number of hydrogen-bond donors (Lipinski definition) is 1. The van der Waals surface area contributed by atoms with E-state index in [2.05, 4.69) is 10.7 Å². The van der Waals surface area contributed by atoms with Crippen molar-refractivity contribution in [3.05, 3.63) is 58.2 Å². The average molecular weight is 526 g/mol. The molecular weight excluding hydrogens is 497 g/mol. The lowest BCUT2D eigenvalue weighted by Crippen LogP contribution is -2.40. The molecule has 1 fully saturated rings. The normalized spacial score (nSPS) is 15.5. The number of anilines is 1. The van der Waals surface area contributed by atoms with Crippen LogP contribution in [0.25, 0.3) is 11.3 Å². The number of carbonyl (C=O) groups is 2. The van der Waals surface area contributed by atoms with Crippen molar-refractivity contribution in [1.82, 2.24) is 9.88 Å². The monoisotopic (exact) mass is 525 g/mol. The number of likely N-dealkylation sites (tertiary alicyclic amines) is 1. The van der Waals surface area contributed by atoms with Gasteiger partial charge in [0, 0.05) is 35.6 Å². The van der Waals surface area contributed by atoms with Gasteiger partial charge < -0.3 is 24.4 Å². The third kappa shape index (κ3) is 6.08. The van der Waals surface area contributed by atoms with Gasteiger partial charge in [-0.15, -0.1) is 11.3 Å². The van der Waals surface area contributed by atoms with E-state index in [0.717, 1.165) is 46.2 Å². The largest absolute Gasteiger partial charge is 0.486 e. The molecule has 0 aliphatic carbocycles. The van der Waals surface area contributed by atoms with Crippen LogP contribution in [0.15, 0.2) is 41.8 Å². The molecule has 0 bridgehead atoms. The molecule has 2 aliphatic rings. The number of nitrogens with one attached hydrogen (secondary N) is 1. The number of carbonyl (C=O) groups excluding carboxylic acids is 2. The first-order chi connectivity index (χ1) is 18.0. The number of hydrogen-bond acceptors (Lipinski definition) is 7. The van der Waals surface area contributed by atoms with Crippen LogP contribution in [0.5, 0.6) is 11.5 Å². The van der Waals surface area contributed by atoms with Gasteiger partial charge in [-0.1, -0.05) is 6.07 Å². The summed E-state index contributed by atoms with van der Waals surface area (Å²) in [5.74, 6) is 0.781. The quantitative estimate of drug-likeness (QED) is 0.492. The number of ether oxygens (including phenoxy) is 3. The Morgan fingerprint density at radius 1 is 1.11 bits per heavy atom. The van der Waals surface area contributed by atoms with E-state index >= 15 is 0 Å². The zero-order chi connectivity index (χ0) is 25.8. The van der Waals surface area contributed by atoms with E-state index in [1.54, 1.807) is 29.2 Å². The highest BCUT2D eigenvalue weighted by atomic mass is 32.1. The van der Waals surface area contributed by atoms with Crippen LogP contribution in [-0.2, 0) is 14.3 Å². The SMILES string of the molecule is Cc1ccc(F)cc1NC(=O)COCC(=O)N1CCC(c2nc(-c3ccc4c(c3)OCCO4)cs2)CC1. The predicted octanol–water partition coefficient (Wildman–Crippen LogP) is 4.39.